The number of carbonyl (C=O) groups is 1. The summed E-state index contributed by atoms with van der Waals surface area (Å²) >= 11 is 0. The molecule has 1 rings (SSSR count). The van der Waals surface area contributed by atoms with Gasteiger partial charge in [-0.3, -0.25) is 14.9 Å². The van der Waals surface area contributed by atoms with Crippen LogP contribution in [0.3, 0.4) is 0 Å². The zero-order valence-corrected chi connectivity index (χ0v) is 8.60. The van der Waals surface area contributed by atoms with Crippen molar-refractivity contribution < 1.29 is 9.72 Å². The average molecular weight is 207 g/mol. The molecule has 0 aromatic heterocycles. The van der Waals surface area contributed by atoms with Crippen molar-refractivity contribution in [2.45, 2.75) is 26.2 Å². The molecular formula is C11H13NO3. The number of hydrogen-bond acceptors (Lipinski definition) is 3. The number of carbonyl (C=O) groups excluding carboxylic acids is 1. The molecule has 0 unspecified atom stereocenters. The van der Waals surface area contributed by atoms with E-state index in [-0.39, 0.29) is 11.5 Å². The molecule has 0 saturated heterocycles. The lowest BCUT2D eigenvalue weighted by Crippen LogP contribution is -2.00. The van der Waals surface area contributed by atoms with Crippen LogP contribution in [-0.2, 0) is 11.2 Å². The van der Waals surface area contributed by atoms with Gasteiger partial charge in [0.05, 0.1) is 4.92 Å². The molecule has 0 heterocycles. The van der Waals surface area contributed by atoms with E-state index in [0.717, 1.165) is 0 Å². The highest BCUT2D eigenvalue weighted by atomic mass is 16.6. The van der Waals surface area contributed by atoms with Gasteiger partial charge in [-0.2, -0.15) is 0 Å². The second kappa shape index (κ2) is 5.24. The number of nitrogens with zero attached hydrogens (tertiary/aromatic N) is 1. The van der Waals surface area contributed by atoms with E-state index < -0.39 is 4.92 Å². The van der Waals surface area contributed by atoms with Gasteiger partial charge >= 0.3 is 0 Å². The van der Waals surface area contributed by atoms with Gasteiger partial charge in [0.2, 0.25) is 0 Å². The molecule has 0 fully saturated rings. The third-order valence-electron chi connectivity index (χ3n) is 2.26. The molecule has 4 heteroatoms. The molecule has 0 spiro atoms. The van der Waals surface area contributed by atoms with E-state index in [0.29, 0.717) is 24.8 Å². The number of aryl methyl sites for hydroxylation is 1. The summed E-state index contributed by atoms with van der Waals surface area (Å²) in [6.45, 7) is 1.79. The molecule has 1 aromatic rings. The average Bonchev–Trinajstić information content (AvgIpc) is 2.26. The molecule has 0 aliphatic heterocycles. The Labute approximate surface area is 88.1 Å². The fourth-order valence-corrected chi connectivity index (χ4v) is 1.35. The maximum Gasteiger partial charge on any atom is 0.272 e. The van der Waals surface area contributed by atoms with E-state index in [2.05, 4.69) is 0 Å². The van der Waals surface area contributed by atoms with Crippen LogP contribution in [0, 0.1) is 10.1 Å². The third-order valence-corrected chi connectivity index (χ3v) is 2.26. The smallest absolute Gasteiger partial charge is 0.272 e. The lowest BCUT2D eigenvalue weighted by Gasteiger charge is -2.01. The Hall–Kier alpha value is -1.71. The van der Waals surface area contributed by atoms with Crippen LogP contribution in [0.15, 0.2) is 24.3 Å². The summed E-state index contributed by atoms with van der Waals surface area (Å²) in [6.07, 6.45) is 1.31. The van der Waals surface area contributed by atoms with Crippen molar-refractivity contribution in [3.63, 3.8) is 0 Å². The Morgan fingerprint density at radius 3 is 2.67 bits per heavy atom. The first kappa shape index (κ1) is 11.4. The van der Waals surface area contributed by atoms with Gasteiger partial charge in [-0.25, -0.2) is 0 Å². The predicted molar refractivity (Wildman–Crippen MR) is 56.7 cm³/mol. The number of nitro groups is 1. The standard InChI is InChI=1S/C11H13NO3/c1-2-10(13)8-7-9-5-3-4-6-11(9)12(14)15/h3-6H,2,7-8H2,1H3. The molecule has 0 aliphatic rings. The van der Waals surface area contributed by atoms with Crippen molar-refractivity contribution in [2.75, 3.05) is 0 Å². The fourth-order valence-electron chi connectivity index (χ4n) is 1.35. The molecule has 0 aliphatic carbocycles. The molecule has 80 valence electrons. The second-order valence-corrected chi connectivity index (χ2v) is 3.28. The first-order chi connectivity index (χ1) is 7.15. The van der Waals surface area contributed by atoms with E-state index in [1.807, 2.05) is 0 Å². The molecule has 0 bridgehead atoms. The van der Waals surface area contributed by atoms with Gasteiger partial charge in [0.25, 0.3) is 5.69 Å². The van der Waals surface area contributed by atoms with Crippen LogP contribution in [0.5, 0.6) is 0 Å². The van der Waals surface area contributed by atoms with E-state index in [4.69, 9.17) is 0 Å². The second-order valence-electron chi connectivity index (χ2n) is 3.28. The number of nitro benzene ring substituents is 1. The zero-order valence-electron chi connectivity index (χ0n) is 8.60. The minimum Gasteiger partial charge on any atom is -0.300 e. The molecule has 4 nitrogen and oxygen atoms in total. The van der Waals surface area contributed by atoms with Crippen LogP contribution in [0.2, 0.25) is 0 Å². The minimum atomic E-state index is -0.411. The lowest BCUT2D eigenvalue weighted by atomic mass is 10.0. The summed E-state index contributed by atoms with van der Waals surface area (Å²) in [5.41, 5.74) is 0.728. The van der Waals surface area contributed by atoms with Crippen molar-refractivity contribution in [3.8, 4) is 0 Å². The number of para-hydroxylation sites is 1. The zero-order chi connectivity index (χ0) is 11.3. The Kier molecular flexibility index (Phi) is 3.97. The normalized spacial score (nSPS) is 9.93. The van der Waals surface area contributed by atoms with Crippen molar-refractivity contribution in [3.05, 3.63) is 39.9 Å². The lowest BCUT2D eigenvalue weighted by molar-refractivity contribution is -0.385. The molecule has 15 heavy (non-hydrogen) atoms. The quantitative estimate of drug-likeness (QED) is 0.550. The SMILES string of the molecule is CCC(=O)CCc1ccccc1[N+](=O)[O-]. The van der Waals surface area contributed by atoms with E-state index in [9.17, 15) is 14.9 Å². The number of benzene rings is 1. The maximum atomic E-state index is 11.1. The molecule has 1 aromatic carbocycles. The summed E-state index contributed by atoms with van der Waals surface area (Å²) in [5, 5.41) is 10.7. The molecule has 0 atom stereocenters. The van der Waals surface area contributed by atoms with Gasteiger partial charge in [0.1, 0.15) is 5.78 Å². The van der Waals surface area contributed by atoms with Gasteiger partial charge in [0.15, 0.2) is 0 Å². The first-order valence-electron chi connectivity index (χ1n) is 4.89. The molecule has 0 N–H and O–H groups in total. The van der Waals surface area contributed by atoms with E-state index in [1.54, 1.807) is 25.1 Å². The Morgan fingerprint density at radius 1 is 1.40 bits per heavy atom. The van der Waals surface area contributed by atoms with Gasteiger partial charge in [-0.05, 0) is 6.42 Å². The van der Waals surface area contributed by atoms with Crippen LogP contribution >= 0.6 is 0 Å². The summed E-state index contributed by atoms with van der Waals surface area (Å²) in [4.78, 5) is 21.3. The Balaban J connectivity index is 2.76. The Morgan fingerprint density at radius 2 is 2.07 bits per heavy atom. The fraction of sp³-hybridized carbons (Fsp3) is 0.364. The highest BCUT2D eigenvalue weighted by Crippen LogP contribution is 2.19. The maximum absolute atomic E-state index is 11.1. The summed E-state index contributed by atoms with van der Waals surface area (Å²) in [5.74, 6) is 0.133. The highest BCUT2D eigenvalue weighted by Gasteiger charge is 2.12. The number of Topliss-reactive ketones (excluding diaryl/α,β-unsaturated/α-hetero) is 1. The summed E-state index contributed by atoms with van der Waals surface area (Å²) in [7, 11) is 0. The van der Waals surface area contributed by atoms with E-state index in [1.165, 1.54) is 6.07 Å². The van der Waals surface area contributed by atoms with Gasteiger partial charge < -0.3 is 0 Å². The third kappa shape index (κ3) is 3.16. The van der Waals surface area contributed by atoms with Crippen molar-refractivity contribution in [2.24, 2.45) is 0 Å². The van der Waals surface area contributed by atoms with Crippen LogP contribution in [-0.4, -0.2) is 10.7 Å². The summed E-state index contributed by atoms with van der Waals surface area (Å²) in [6, 6.07) is 6.54. The predicted octanol–water partition coefficient (Wildman–Crippen LogP) is 2.51. The van der Waals surface area contributed by atoms with E-state index >= 15 is 0 Å². The van der Waals surface area contributed by atoms with Crippen LogP contribution in [0.25, 0.3) is 0 Å². The van der Waals surface area contributed by atoms with Gasteiger partial charge in [0, 0.05) is 24.5 Å². The van der Waals surface area contributed by atoms with Gasteiger partial charge in [-0.15, -0.1) is 0 Å². The summed E-state index contributed by atoms with van der Waals surface area (Å²) < 4.78 is 0. The largest absolute Gasteiger partial charge is 0.300 e. The van der Waals surface area contributed by atoms with Crippen molar-refractivity contribution in [1.82, 2.24) is 0 Å². The number of ketones is 1. The topological polar surface area (TPSA) is 60.2 Å². The highest BCUT2D eigenvalue weighted by molar-refractivity contribution is 5.78. The van der Waals surface area contributed by atoms with Crippen LogP contribution < -0.4 is 0 Å². The monoisotopic (exact) mass is 207 g/mol. The van der Waals surface area contributed by atoms with Crippen molar-refractivity contribution >= 4 is 11.5 Å². The molecule has 0 radical (unpaired) electrons. The molecule has 0 saturated carbocycles. The Bertz CT molecular complexity index is 374. The van der Waals surface area contributed by atoms with Crippen molar-refractivity contribution in [1.29, 1.82) is 0 Å². The van der Waals surface area contributed by atoms with Gasteiger partial charge in [-0.1, -0.05) is 25.1 Å². The number of hydrogen-bond donors (Lipinski definition) is 0. The van der Waals surface area contributed by atoms with Crippen LogP contribution in [0.1, 0.15) is 25.3 Å². The molecule has 0 amide bonds. The molecular weight excluding hydrogens is 194 g/mol. The first-order valence-corrected chi connectivity index (χ1v) is 4.89. The number of rotatable bonds is 5. The van der Waals surface area contributed by atoms with Crippen LogP contribution in [0.4, 0.5) is 5.69 Å². The minimum absolute atomic E-state index is 0.0985.